The van der Waals surface area contributed by atoms with E-state index in [1.165, 1.54) is 47.7 Å². The minimum atomic E-state index is -0.446. The molecule has 0 fully saturated rings. The molecular weight excluding hydrogens is 871 g/mol. The van der Waals surface area contributed by atoms with Gasteiger partial charge in [0.1, 0.15) is 0 Å². The topological polar surface area (TPSA) is 19.9 Å². The zero-order chi connectivity index (χ0) is 40.7. The maximum Gasteiger partial charge on any atom is -0.0134 e. The van der Waals surface area contributed by atoms with Crippen molar-refractivity contribution in [1.82, 2.24) is 0 Å². The van der Waals surface area contributed by atoms with Gasteiger partial charge in [-0.05, 0) is 71.5 Å². The molecule has 9 rings (SSSR count). The van der Waals surface area contributed by atoms with E-state index in [-0.39, 0.29) is 19.5 Å². The molecular formula is C55H47OP3Ru. The molecule has 0 unspecified atom stereocenters. The van der Waals surface area contributed by atoms with Crippen LogP contribution in [-0.4, -0.2) is 0 Å². The normalized spacial score (nSPS) is 10.1. The average Bonchev–Trinajstić information content (AvgIpc) is 3.34. The first kappa shape index (κ1) is 45.7. The van der Waals surface area contributed by atoms with Crippen LogP contribution in [0.4, 0.5) is 0 Å². The van der Waals surface area contributed by atoms with E-state index in [4.69, 9.17) is 4.65 Å². The Morgan fingerprint density at radius 1 is 0.183 bits per heavy atom. The number of benzene rings is 9. The van der Waals surface area contributed by atoms with Gasteiger partial charge in [-0.1, -0.05) is 273 Å². The fourth-order valence-electron chi connectivity index (χ4n) is 6.54. The minimum Gasteiger partial charge on any atom is -0.0622 e. The second-order valence-corrected chi connectivity index (χ2v) is 19.7. The number of hydrogen-bond acceptors (Lipinski definition) is 0. The first-order valence-electron chi connectivity index (χ1n) is 19.4. The molecule has 0 N–H and O–H groups in total. The summed E-state index contributed by atoms with van der Waals surface area (Å²) in [7, 11) is -1.34. The van der Waals surface area contributed by atoms with Crippen LogP contribution in [-0.2, 0) is 24.1 Å². The number of rotatable bonds is 9. The molecule has 1 nitrogen and oxygen atoms in total. The molecule has 5 heteroatoms. The second-order valence-electron chi connectivity index (χ2n) is 13.0. The predicted octanol–water partition coefficient (Wildman–Crippen LogP) is 9.76. The molecule has 0 heterocycles. The van der Waals surface area contributed by atoms with E-state index >= 15 is 0 Å². The quantitative estimate of drug-likeness (QED) is 0.0596. The maximum absolute atomic E-state index is 7.50. The molecule has 0 amide bonds. The first-order valence-corrected chi connectivity index (χ1v) is 23.4. The molecule has 0 spiro atoms. The summed E-state index contributed by atoms with van der Waals surface area (Å²) >= 11 is 0. The minimum absolute atomic E-state index is 0. The Balaban J connectivity index is 0.000000166. The zero-order valence-electron chi connectivity index (χ0n) is 33.1. The summed E-state index contributed by atoms with van der Waals surface area (Å²) < 4.78 is 7.50. The van der Waals surface area contributed by atoms with Crippen LogP contribution < -0.4 is 47.7 Å². The Bertz CT molecular complexity index is 1920. The van der Waals surface area contributed by atoms with Gasteiger partial charge in [0, 0.05) is 0 Å². The summed E-state index contributed by atoms with van der Waals surface area (Å²) in [5.41, 5.74) is 0. The molecule has 60 heavy (non-hydrogen) atoms. The van der Waals surface area contributed by atoms with Gasteiger partial charge in [-0.25, -0.2) is 0 Å². The maximum atomic E-state index is 7.50. The Morgan fingerprint density at radius 3 is 0.350 bits per heavy atom. The molecule has 0 aliphatic heterocycles. The molecule has 0 aliphatic rings. The average molecular weight is 918 g/mol. The van der Waals surface area contributed by atoms with E-state index < -0.39 is 23.8 Å². The van der Waals surface area contributed by atoms with Crippen molar-refractivity contribution in [3.8, 4) is 0 Å². The van der Waals surface area contributed by atoms with E-state index in [1.54, 1.807) is 0 Å². The third-order valence-corrected chi connectivity index (χ3v) is 16.5. The van der Waals surface area contributed by atoms with Gasteiger partial charge in [-0.3, -0.25) is 0 Å². The van der Waals surface area contributed by atoms with E-state index in [1.807, 2.05) is 0 Å². The zero-order valence-corrected chi connectivity index (χ0v) is 37.8. The molecule has 9 aromatic rings. The van der Waals surface area contributed by atoms with Crippen LogP contribution in [0.3, 0.4) is 0 Å². The molecule has 296 valence electrons. The standard InChI is InChI=1S/3C18H15P.CO.Ru.2H/c3*1-4-10-16(11-5-1)19(17-12-6-2-7-13-17)18-14-8-3-9-15-18;1-2;;;/h3*1-15H;;;;. The van der Waals surface area contributed by atoms with Crippen LogP contribution in [0.15, 0.2) is 273 Å². The van der Waals surface area contributed by atoms with Gasteiger partial charge in [0.05, 0.1) is 0 Å². The molecule has 0 saturated carbocycles. The van der Waals surface area contributed by atoms with Gasteiger partial charge < -0.3 is 0 Å². The van der Waals surface area contributed by atoms with Gasteiger partial charge in [0.2, 0.25) is 0 Å². The smallest absolute Gasteiger partial charge is 0.0134 e. The van der Waals surface area contributed by atoms with Gasteiger partial charge in [0.25, 0.3) is 0 Å². The Kier molecular flexibility index (Phi) is 19.8. The Morgan fingerprint density at radius 2 is 0.267 bits per heavy atom. The van der Waals surface area contributed by atoms with Crippen molar-refractivity contribution in [3.63, 3.8) is 0 Å². The van der Waals surface area contributed by atoms with E-state index in [0.29, 0.717) is 0 Å². The van der Waals surface area contributed by atoms with Crippen molar-refractivity contribution in [2.75, 3.05) is 0 Å². The summed E-state index contributed by atoms with van der Waals surface area (Å²) in [6, 6.07) is 97.0. The van der Waals surface area contributed by atoms with Crippen molar-refractivity contribution in [1.29, 1.82) is 0 Å². The van der Waals surface area contributed by atoms with Gasteiger partial charge >= 0.3 is 30.8 Å². The van der Waals surface area contributed by atoms with Gasteiger partial charge in [-0.15, -0.1) is 0 Å². The van der Waals surface area contributed by atoms with Crippen LogP contribution in [0.1, 0.15) is 0 Å². The molecule has 0 radical (unpaired) electrons. The van der Waals surface area contributed by atoms with Crippen LogP contribution in [0, 0.1) is 6.65 Å². The van der Waals surface area contributed by atoms with E-state index in [0.717, 1.165) is 0 Å². The third kappa shape index (κ3) is 13.3. The second kappa shape index (κ2) is 26.0. The monoisotopic (exact) mass is 918 g/mol. The first-order chi connectivity index (χ1) is 29.3. The summed E-state index contributed by atoms with van der Waals surface area (Å²) in [4.78, 5) is 0. The summed E-state index contributed by atoms with van der Waals surface area (Å²) in [5, 5.41) is 12.6. The molecule has 0 atom stereocenters. The largest absolute Gasteiger partial charge is 0.0622 e. The summed E-state index contributed by atoms with van der Waals surface area (Å²) in [6.45, 7) is 4.50. The molecule has 0 bridgehead atoms. The molecule has 9 aromatic carbocycles. The van der Waals surface area contributed by atoms with Crippen LogP contribution >= 0.6 is 23.8 Å². The van der Waals surface area contributed by atoms with Gasteiger partial charge in [-0.2, -0.15) is 0 Å². The van der Waals surface area contributed by atoms with Crippen molar-refractivity contribution in [3.05, 3.63) is 280 Å². The third-order valence-electron chi connectivity index (χ3n) is 9.13. The molecule has 0 aliphatic carbocycles. The van der Waals surface area contributed by atoms with Crippen LogP contribution in [0.5, 0.6) is 0 Å². The fraction of sp³-hybridized carbons (Fsp3) is 0. The van der Waals surface area contributed by atoms with Gasteiger partial charge in [0.15, 0.2) is 0 Å². The fourth-order valence-corrected chi connectivity index (χ4v) is 13.5. The van der Waals surface area contributed by atoms with Crippen molar-refractivity contribution in [2.45, 2.75) is 0 Å². The molecule has 0 aromatic heterocycles. The number of hydrogen-bond donors (Lipinski definition) is 0. The van der Waals surface area contributed by atoms with Crippen molar-refractivity contribution >= 4 is 71.5 Å². The molecule has 0 saturated heterocycles. The summed E-state index contributed by atoms with van der Waals surface area (Å²) in [5.74, 6) is 0. The summed E-state index contributed by atoms with van der Waals surface area (Å²) in [6.07, 6.45) is 0. The van der Waals surface area contributed by atoms with E-state index in [9.17, 15) is 0 Å². The van der Waals surface area contributed by atoms with Crippen LogP contribution in [0.2, 0.25) is 0 Å². The Hall–Kier alpha value is -5.37. The Labute approximate surface area is 373 Å². The van der Waals surface area contributed by atoms with E-state index in [2.05, 4.69) is 280 Å². The van der Waals surface area contributed by atoms with Crippen molar-refractivity contribution in [2.24, 2.45) is 0 Å². The van der Waals surface area contributed by atoms with Crippen LogP contribution in [0.25, 0.3) is 0 Å². The SMILES string of the molecule is [C-]#[O+].[RuH2].c1ccc(P(c2ccccc2)c2ccccc2)cc1.c1ccc(P(c2ccccc2)c2ccccc2)cc1.c1ccc(P(c2ccccc2)c2ccccc2)cc1. The van der Waals surface area contributed by atoms with Crippen molar-refractivity contribution < 1.29 is 24.1 Å². The predicted molar refractivity (Wildman–Crippen MR) is 262 cm³/mol.